The lowest BCUT2D eigenvalue weighted by atomic mass is 10.2. The lowest BCUT2D eigenvalue weighted by Crippen LogP contribution is -2.11. The average Bonchev–Trinajstić information content (AvgIpc) is 2.61. The molecule has 0 aliphatic carbocycles. The number of aryl methyl sites for hydroxylation is 1. The van der Waals surface area contributed by atoms with Crippen LogP contribution in [-0.4, -0.2) is 34.3 Å². The molecule has 0 bridgehead atoms. The summed E-state index contributed by atoms with van der Waals surface area (Å²) in [5, 5.41) is 8.60. The molecule has 0 radical (unpaired) electrons. The van der Waals surface area contributed by atoms with Crippen LogP contribution in [-0.2, 0) is 11.2 Å². The number of nitrogen functional groups attached to an aromatic ring is 2. The van der Waals surface area contributed by atoms with Crippen LogP contribution >= 0.6 is 0 Å². The van der Waals surface area contributed by atoms with Crippen molar-refractivity contribution >= 4 is 23.8 Å². The number of benzene rings is 1. The van der Waals surface area contributed by atoms with Crippen molar-refractivity contribution in [1.29, 1.82) is 0 Å². The lowest BCUT2D eigenvalue weighted by Gasteiger charge is -2.12. The minimum absolute atomic E-state index is 0.136. The number of carboxylic acid groups (broad SMARTS) is 1. The minimum Gasteiger partial charge on any atom is -0.493 e. The van der Waals surface area contributed by atoms with E-state index in [1.165, 1.54) is 6.08 Å². The predicted molar refractivity (Wildman–Crippen MR) is 99.0 cm³/mol. The quantitative estimate of drug-likeness (QED) is 0.458. The maximum absolute atomic E-state index is 10.5. The normalized spacial score (nSPS) is 10.8. The highest BCUT2D eigenvalue weighted by Gasteiger charge is 2.11. The molecule has 1 aromatic heterocycles. The first-order valence-electron chi connectivity index (χ1n) is 8.18. The van der Waals surface area contributed by atoms with Gasteiger partial charge in [0.2, 0.25) is 5.95 Å². The summed E-state index contributed by atoms with van der Waals surface area (Å²) in [4.78, 5) is 18.5. The Morgan fingerprint density at radius 3 is 2.50 bits per heavy atom. The van der Waals surface area contributed by atoms with Crippen LogP contribution in [0.25, 0.3) is 6.08 Å². The van der Waals surface area contributed by atoms with Crippen molar-refractivity contribution in [3.05, 3.63) is 41.6 Å². The van der Waals surface area contributed by atoms with E-state index >= 15 is 0 Å². The Bertz CT molecular complexity index is 776. The van der Waals surface area contributed by atoms with Crippen LogP contribution in [0.4, 0.5) is 11.8 Å². The van der Waals surface area contributed by atoms with Crippen molar-refractivity contribution in [3.63, 3.8) is 0 Å². The van der Waals surface area contributed by atoms with Crippen LogP contribution in [0.3, 0.4) is 0 Å². The number of carbonyl (C=O) groups is 1. The van der Waals surface area contributed by atoms with Gasteiger partial charge in [0, 0.05) is 12.5 Å². The van der Waals surface area contributed by atoms with Crippen LogP contribution in [0.5, 0.6) is 11.5 Å². The number of aromatic nitrogens is 2. The number of nitrogens with two attached hydrogens (primary N) is 2. The molecular weight excluding hydrogens is 336 g/mol. The molecule has 2 rings (SSSR count). The number of ether oxygens (including phenoxy) is 2. The topological polar surface area (TPSA) is 134 Å². The highest BCUT2D eigenvalue weighted by Crippen LogP contribution is 2.24. The van der Waals surface area contributed by atoms with Gasteiger partial charge in [-0.15, -0.1) is 0 Å². The zero-order chi connectivity index (χ0) is 18.9. The Kier molecular flexibility index (Phi) is 6.78. The van der Waals surface area contributed by atoms with Crippen LogP contribution < -0.4 is 20.9 Å². The largest absolute Gasteiger partial charge is 0.493 e. The SMILES string of the molecule is CCc1nc(N)nc(N)c1OCCCOc1ccc(/C=C/C(=O)O)cc1. The van der Waals surface area contributed by atoms with Crippen LogP contribution in [0.2, 0.25) is 0 Å². The molecule has 0 saturated heterocycles. The van der Waals surface area contributed by atoms with E-state index in [2.05, 4.69) is 9.97 Å². The summed E-state index contributed by atoms with van der Waals surface area (Å²) in [6.07, 6.45) is 3.90. The smallest absolute Gasteiger partial charge is 0.328 e. The number of anilines is 2. The third-order valence-electron chi connectivity index (χ3n) is 3.42. The Labute approximate surface area is 151 Å². The number of hydrogen-bond acceptors (Lipinski definition) is 7. The third kappa shape index (κ3) is 5.66. The summed E-state index contributed by atoms with van der Waals surface area (Å²) in [5.74, 6) is 0.555. The van der Waals surface area contributed by atoms with Crippen molar-refractivity contribution in [3.8, 4) is 11.5 Å². The van der Waals surface area contributed by atoms with E-state index in [-0.39, 0.29) is 11.8 Å². The highest BCUT2D eigenvalue weighted by molar-refractivity contribution is 5.85. The molecule has 26 heavy (non-hydrogen) atoms. The summed E-state index contributed by atoms with van der Waals surface area (Å²) in [6.45, 7) is 2.80. The van der Waals surface area contributed by atoms with Gasteiger partial charge in [0.1, 0.15) is 5.75 Å². The van der Waals surface area contributed by atoms with Crippen LogP contribution in [0.15, 0.2) is 30.3 Å². The second kappa shape index (κ2) is 9.26. The monoisotopic (exact) mass is 358 g/mol. The second-order valence-electron chi connectivity index (χ2n) is 5.39. The van der Waals surface area contributed by atoms with Gasteiger partial charge in [-0.2, -0.15) is 4.98 Å². The van der Waals surface area contributed by atoms with Gasteiger partial charge in [0.25, 0.3) is 0 Å². The highest BCUT2D eigenvalue weighted by atomic mass is 16.5. The molecular formula is C18H22N4O4. The number of carboxylic acids is 1. The van der Waals surface area contributed by atoms with Gasteiger partial charge in [-0.1, -0.05) is 19.1 Å². The van der Waals surface area contributed by atoms with Gasteiger partial charge in [-0.3, -0.25) is 0 Å². The summed E-state index contributed by atoms with van der Waals surface area (Å²) >= 11 is 0. The van der Waals surface area contributed by atoms with Gasteiger partial charge in [0.15, 0.2) is 11.6 Å². The van der Waals surface area contributed by atoms with Crippen LogP contribution in [0, 0.1) is 0 Å². The Morgan fingerprint density at radius 1 is 1.15 bits per heavy atom. The average molecular weight is 358 g/mol. The van der Waals surface area contributed by atoms with Crippen molar-refractivity contribution in [1.82, 2.24) is 9.97 Å². The number of aliphatic carboxylic acids is 1. The Hall–Kier alpha value is -3.29. The van der Waals surface area contributed by atoms with Gasteiger partial charge < -0.3 is 26.0 Å². The molecule has 1 aromatic carbocycles. The summed E-state index contributed by atoms with van der Waals surface area (Å²) in [5.41, 5.74) is 12.9. The molecule has 0 unspecified atom stereocenters. The molecule has 0 aliphatic heterocycles. The predicted octanol–water partition coefficient (Wildman–Crippen LogP) is 2.15. The molecule has 0 aliphatic rings. The van der Waals surface area contributed by atoms with Gasteiger partial charge >= 0.3 is 5.97 Å². The molecule has 8 nitrogen and oxygen atoms in total. The third-order valence-corrected chi connectivity index (χ3v) is 3.42. The van der Waals surface area contributed by atoms with Crippen LogP contribution in [0.1, 0.15) is 24.6 Å². The molecule has 0 saturated carbocycles. The van der Waals surface area contributed by atoms with E-state index in [9.17, 15) is 4.79 Å². The maximum atomic E-state index is 10.5. The van der Waals surface area contributed by atoms with E-state index in [1.54, 1.807) is 24.3 Å². The number of rotatable bonds is 9. The maximum Gasteiger partial charge on any atom is 0.328 e. The van der Waals surface area contributed by atoms with Crippen molar-refractivity contribution in [2.45, 2.75) is 19.8 Å². The molecule has 0 spiro atoms. The Balaban J connectivity index is 1.78. The van der Waals surface area contributed by atoms with E-state index in [0.717, 1.165) is 11.6 Å². The van der Waals surface area contributed by atoms with Crippen molar-refractivity contribution < 1.29 is 19.4 Å². The zero-order valence-electron chi connectivity index (χ0n) is 14.5. The van der Waals surface area contributed by atoms with Gasteiger partial charge in [-0.25, -0.2) is 9.78 Å². The fourth-order valence-electron chi connectivity index (χ4n) is 2.20. The van der Waals surface area contributed by atoms with E-state index in [0.29, 0.717) is 43.2 Å². The fourth-order valence-corrected chi connectivity index (χ4v) is 2.20. The first-order valence-corrected chi connectivity index (χ1v) is 8.18. The summed E-state index contributed by atoms with van der Waals surface area (Å²) < 4.78 is 11.3. The van der Waals surface area contributed by atoms with Gasteiger partial charge in [0.05, 0.1) is 18.9 Å². The molecule has 5 N–H and O–H groups in total. The van der Waals surface area contributed by atoms with Crippen molar-refractivity contribution in [2.24, 2.45) is 0 Å². The Morgan fingerprint density at radius 2 is 1.85 bits per heavy atom. The molecule has 8 heteroatoms. The molecule has 2 aromatic rings. The van der Waals surface area contributed by atoms with E-state index < -0.39 is 5.97 Å². The summed E-state index contributed by atoms with van der Waals surface area (Å²) in [7, 11) is 0. The minimum atomic E-state index is -0.983. The first kappa shape index (κ1) is 19.0. The molecule has 0 amide bonds. The molecule has 1 heterocycles. The number of hydrogen-bond donors (Lipinski definition) is 3. The molecule has 138 valence electrons. The fraction of sp³-hybridized carbons (Fsp3) is 0.278. The van der Waals surface area contributed by atoms with Crippen molar-refractivity contribution in [2.75, 3.05) is 24.7 Å². The lowest BCUT2D eigenvalue weighted by molar-refractivity contribution is -0.131. The summed E-state index contributed by atoms with van der Waals surface area (Å²) in [6, 6.07) is 7.13. The molecule has 0 fully saturated rings. The van der Waals surface area contributed by atoms with E-state index in [1.807, 2.05) is 6.92 Å². The second-order valence-corrected chi connectivity index (χ2v) is 5.39. The zero-order valence-corrected chi connectivity index (χ0v) is 14.5. The van der Waals surface area contributed by atoms with Gasteiger partial charge in [-0.05, 0) is 30.2 Å². The van der Waals surface area contributed by atoms with E-state index in [4.69, 9.17) is 26.0 Å². The standard InChI is InChI=1S/C18H22N4O4/c1-2-14-16(17(19)22-18(20)21-14)26-11-3-10-25-13-7-4-12(5-8-13)6-9-15(23)24/h4-9H,2-3,10-11H2,1H3,(H,23,24)(H4,19,20,21,22)/b9-6+. The first-order chi connectivity index (χ1) is 12.5. The number of nitrogens with zero attached hydrogens (tertiary/aromatic N) is 2. The molecule has 0 atom stereocenters.